The molecular formula is C20H18ClNO4. The molecule has 2 N–H and O–H groups in total. The number of carboxylic acids is 1. The highest BCUT2D eigenvalue weighted by Gasteiger charge is 2.24. The second-order valence-corrected chi connectivity index (χ2v) is 6.47. The van der Waals surface area contributed by atoms with Crippen molar-refractivity contribution in [2.75, 3.05) is 6.61 Å². The standard InChI is InChI=1S/C20H18ClNO4/c21-17-11-14-8-4-5-9-15(14)16(17)12-26-20(25)22-18(19(23)24)10-13-6-2-1-3-7-13/h1-9,18H,10-12H2,(H,22,25)(H,23,24)/t18-/m0/s1. The number of carbonyl (C=O) groups excluding carboxylic acids is 1. The van der Waals surface area contributed by atoms with Gasteiger partial charge in [-0.15, -0.1) is 0 Å². The number of hydrogen-bond acceptors (Lipinski definition) is 3. The SMILES string of the molecule is O=C(N[C@@H](Cc1ccccc1)C(=O)O)OCC1=C(Cl)Cc2ccccc21. The van der Waals surface area contributed by atoms with Crippen LogP contribution in [0, 0.1) is 0 Å². The third kappa shape index (κ3) is 4.24. The normalized spacial score (nSPS) is 13.9. The number of alkyl carbamates (subject to hydrolysis) is 1. The average molecular weight is 372 g/mol. The molecule has 134 valence electrons. The maximum absolute atomic E-state index is 12.1. The van der Waals surface area contributed by atoms with E-state index < -0.39 is 18.1 Å². The molecule has 6 heteroatoms. The molecule has 0 fully saturated rings. The van der Waals surface area contributed by atoms with Crippen molar-refractivity contribution in [2.45, 2.75) is 18.9 Å². The first-order chi connectivity index (χ1) is 12.5. The smallest absolute Gasteiger partial charge is 0.408 e. The Bertz CT molecular complexity index is 848. The number of halogens is 1. The zero-order valence-electron chi connectivity index (χ0n) is 13.9. The van der Waals surface area contributed by atoms with Crippen molar-refractivity contribution in [1.82, 2.24) is 5.32 Å². The van der Waals surface area contributed by atoms with E-state index in [1.54, 1.807) is 0 Å². The molecule has 3 rings (SSSR count). The zero-order chi connectivity index (χ0) is 18.5. The van der Waals surface area contributed by atoms with Gasteiger partial charge in [0.15, 0.2) is 0 Å². The van der Waals surface area contributed by atoms with Crippen LogP contribution < -0.4 is 5.32 Å². The second kappa shape index (κ2) is 8.06. The van der Waals surface area contributed by atoms with E-state index in [9.17, 15) is 14.7 Å². The van der Waals surface area contributed by atoms with E-state index >= 15 is 0 Å². The molecule has 1 aliphatic rings. The summed E-state index contributed by atoms with van der Waals surface area (Å²) in [7, 11) is 0. The molecule has 0 spiro atoms. The summed E-state index contributed by atoms with van der Waals surface area (Å²) in [6.07, 6.45) is 0.0103. The van der Waals surface area contributed by atoms with Gasteiger partial charge >= 0.3 is 12.1 Å². The Labute approximate surface area is 156 Å². The number of fused-ring (bicyclic) bond motifs is 1. The Kier molecular flexibility index (Phi) is 5.58. The van der Waals surface area contributed by atoms with Gasteiger partial charge in [-0.2, -0.15) is 0 Å². The Balaban J connectivity index is 1.59. The number of aliphatic carboxylic acids is 1. The fraction of sp³-hybridized carbons (Fsp3) is 0.200. The molecule has 1 aliphatic carbocycles. The number of allylic oxidation sites excluding steroid dienone is 1. The van der Waals surface area contributed by atoms with Crippen molar-refractivity contribution in [1.29, 1.82) is 0 Å². The van der Waals surface area contributed by atoms with Crippen LogP contribution in [0.4, 0.5) is 4.79 Å². The van der Waals surface area contributed by atoms with Crippen molar-refractivity contribution in [3.8, 4) is 0 Å². The van der Waals surface area contributed by atoms with Gasteiger partial charge < -0.3 is 15.2 Å². The largest absolute Gasteiger partial charge is 0.480 e. The Hall–Kier alpha value is -2.79. The summed E-state index contributed by atoms with van der Waals surface area (Å²) in [5, 5.41) is 12.4. The molecule has 0 aliphatic heterocycles. The van der Waals surface area contributed by atoms with Gasteiger partial charge in [0.1, 0.15) is 12.6 Å². The summed E-state index contributed by atoms with van der Waals surface area (Å²) in [5.74, 6) is -1.12. The van der Waals surface area contributed by atoms with E-state index in [0.717, 1.165) is 22.3 Å². The summed E-state index contributed by atoms with van der Waals surface area (Å²) in [5.41, 5.74) is 3.62. The van der Waals surface area contributed by atoms with Gasteiger partial charge in [0.2, 0.25) is 0 Å². The highest BCUT2D eigenvalue weighted by molar-refractivity contribution is 6.33. The van der Waals surface area contributed by atoms with Crippen LogP contribution in [0.3, 0.4) is 0 Å². The van der Waals surface area contributed by atoms with Crippen molar-refractivity contribution in [3.63, 3.8) is 0 Å². The first-order valence-electron chi connectivity index (χ1n) is 8.20. The van der Waals surface area contributed by atoms with Crippen LogP contribution in [-0.2, 0) is 22.4 Å². The van der Waals surface area contributed by atoms with Gasteiger partial charge in [-0.25, -0.2) is 9.59 Å². The molecule has 5 nitrogen and oxygen atoms in total. The van der Waals surface area contributed by atoms with Gasteiger partial charge in [0.25, 0.3) is 0 Å². The van der Waals surface area contributed by atoms with Gasteiger partial charge in [0.05, 0.1) is 0 Å². The van der Waals surface area contributed by atoms with E-state index in [4.69, 9.17) is 16.3 Å². The molecule has 0 saturated carbocycles. The number of nitrogens with one attached hydrogen (secondary N) is 1. The van der Waals surface area contributed by atoms with Crippen LogP contribution in [0.2, 0.25) is 0 Å². The highest BCUT2D eigenvalue weighted by atomic mass is 35.5. The lowest BCUT2D eigenvalue weighted by molar-refractivity contribution is -0.139. The van der Waals surface area contributed by atoms with Gasteiger partial charge in [-0.1, -0.05) is 66.2 Å². The molecule has 26 heavy (non-hydrogen) atoms. The molecule has 2 aromatic carbocycles. The second-order valence-electron chi connectivity index (χ2n) is 6.02. The number of hydrogen-bond donors (Lipinski definition) is 2. The molecule has 1 atom stereocenters. The van der Waals surface area contributed by atoms with Crippen LogP contribution in [-0.4, -0.2) is 29.8 Å². The van der Waals surface area contributed by atoms with E-state index in [-0.39, 0.29) is 13.0 Å². The summed E-state index contributed by atoms with van der Waals surface area (Å²) in [6, 6.07) is 15.8. The molecule has 2 aromatic rings. The molecule has 0 heterocycles. The lowest BCUT2D eigenvalue weighted by Crippen LogP contribution is -2.42. The number of carbonyl (C=O) groups is 2. The number of carboxylic acid groups (broad SMARTS) is 1. The quantitative estimate of drug-likeness (QED) is 0.813. The van der Waals surface area contributed by atoms with Crippen molar-refractivity contribution < 1.29 is 19.4 Å². The van der Waals surface area contributed by atoms with Crippen molar-refractivity contribution in [2.24, 2.45) is 0 Å². The minimum Gasteiger partial charge on any atom is -0.480 e. The third-order valence-electron chi connectivity index (χ3n) is 4.24. The van der Waals surface area contributed by atoms with Gasteiger partial charge in [-0.3, -0.25) is 0 Å². The minimum absolute atomic E-state index is 0.000639. The number of ether oxygens (including phenoxy) is 1. The summed E-state index contributed by atoms with van der Waals surface area (Å²) in [6.45, 7) is -0.000639. The molecule has 0 saturated heterocycles. The van der Waals surface area contributed by atoms with Gasteiger partial charge in [0, 0.05) is 23.4 Å². The summed E-state index contributed by atoms with van der Waals surface area (Å²) >= 11 is 6.26. The summed E-state index contributed by atoms with van der Waals surface area (Å²) < 4.78 is 5.22. The Morgan fingerprint density at radius 3 is 2.54 bits per heavy atom. The maximum atomic E-state index is 12.1. The lowest BCUT2D eigenvalue weighted by Gasteiger charge is -2.15. The third-order valence-corrected chi connectivity index (χ3v) is 4.60. The average Bonchev–Trinajstić information content (AvgIpc) is 2.95. The molecule has 0 unspecified atom stereocenters. The van der Waals surface area contributed by atoms with E-state index in [1.807, 2.05) is 54.6 Å². The fourth-order valence-corrected chi connectivity index (χ4v) is 3.22. The summed E-state index contributed by atoms with van der Waals surface area (Å²) in [4.78, 5) is 23.5. The molecule has 0 bridgehead atoms. The lowest BCUT2D eigenvalue weighted by atomic mass is 10.1. The number of benzene rings is 2. The topological polar surface area (TPSA) is 75.6 Å². The number of amides is 1. The first kappa shape index (κ1) is 18.0. The maximum Gasteiger partial charge on any atom is 0.408 e. The molecule has 0 aromatic heterocycles. The van der Waals surface area contributed by atoms with Crippen molar-refractivity contribution in [3.05, 3.63) is 76.3 Å². The molecular weight excluding hydrogens is 354 g/mol. The van der Waals surface area contributed by atoms with Crippen LogP contribution in [0.1, 0.15) is 16.7 Å². The Morgan fingerprint density at radius 2 is 1.81 bits per heavy atom. The molecule has 1 amide bonds. The minimum atomic E-state index is -1.12. The zero-order valence-corrected chi connectivity index (χ0v) is 14.7. The monoisotopic (exact) mass is 371 g/mol. The van der Waals surface area contributed by atoms with E-state index in [1.165, 1.54) is 0 Å². The predicted molar refractivity (Wildman–Crippen MR) is 99.0 cm³/mol. The predicted octanol–water partition coefficient (Wildman–Crippen LogP) is 3.61. The fourth-order valence-electron chi connectivity index (χ4n) is 2.92. The Morgan fingerprint density at radius 1 is 1.12 bits per heavy atom. The first-order valence-corrected chi connectivity index (χ1v) is 8.58. The van der Waals surface area contributed by atoms with Crippen LogP contribution in [0.5, 0.6) is 0 Å². The van der Waals surface area contributed by atoms with Crippen LogP contribution in [0.25, 0.3) is 5.57 Å². The molecule has 0 radical (unpaired) electrons. The number of rotatable bonds is 6. The van der Waals surface area contributed by atoms with Gasteiger partial charge in [-0.05, 0) is 16.7 Å². The van der Waals surface area contributed by atoms with E-state index in [0.29, 0.717) is 11.5 Å². The van der Waals surface area contributed by atoms with Crippen molar-refractivity contribution >= 4 is 29.2 Å². The van der Waals surface area contributed by atoms with E-state index in [2.05, 4.69) is 5.32 Å². The van der Waals surface area contributed by atoms with Crippen LogP contribution in [0.15, 0.2) is 59.6 Å². The van der Waals surface area contributed by atoms with Crippen LogP contribution >= 0.6 is 11.6 Å². The highest BCUT2D eigenvalue weighted by Crippen LogP contribution is 2.34.